The molecule has 0 amide bonds. The molecule has 84 valence electrons. The standard InChI is InChI=1S/C11H15F2NO/c1-2-6-14-8-9-4-3-5-10(7-9)15-11(12)13/h3-5,7,11,14H,2,6,8H2,1H3. The predicted octanol–water partition coefficient (Wildman–Crippen LogP) is 2.79. The van der Waals surface area contributed by atoms with Gasteiger partial charge in [0.25, 0.3) is 0 Å². The number of hydrogen-bond donors (Lipinski definition) is 1. The van der Waals surface area contributed by atoms with Gasteiger partial charge in [0.15, 0.2) is 0 Å². The van der Waals surface area contributed by atoms with E-state index in [1.807, 2.05) is 6.07 Å². The zero-order valence-electron chi connectivity index (χ0n) is 8.67. The fraction of sp³-hybridized carbons (Fsp3) is 0.455. The first kappa shape index (κ1) is 11.9. The number of benzene rings is 1. The molecule has 0 radical (unpaired) electrons. The first-order valence-corrected chi connectivity index (χ1v) is 4.97. The van der Waals surface area contributed by atoms with Crippen LogP contribution < -0.4 is 10.1 Å². The van der Waals surface area contributed by atoms with Gasteiger partial charge in [0.1, 0.15) is 5.75 Å². The minimum atomic E-state index is -2.76. The van der Waals surface area contributed by atoms with E-state index in [0.717, 1.165) is 18.5 Å². The molecule has 1 aromatic rings. The van der Waals surface area contributed by atoms with Crippen molar-refractivity contribution >= 4 is 0 Å². The summed E-state index contributed by atoms with van der Waals surface area (Å²) in [5, 5.41) is 3.19. The summed E-state index contributed by atoms with van der Waals surface area (Å²) in [5.41, 5.74) is 0.946. The number of ether oxygens (including phenoxy) is 1. The molecule has 15 heavy (non-hydrogen) atoms. The monoisotopic (exact) mass is 215 g/mol. The Labute approximate surface area is 88.3 Å². The van der Waals surface area contributed by atoms with E-state index in [9.17, 15) is 8.78 Å². The van der Waals surface area contributed by atoms with Crippen molar-refractivity contribution in [2.75, 3.05) is 6.54 Å². The first-order chi connectivity index (χ1) is 7.22. The van der Waals surface area contributed by atoms with E-state index in [4.69, 9.17) is 0 Å². The SMILES string of the molecule is CCCNCc1cccc(OC(F)F)c1. The Kier molecular flexibility index (Phi) is 5.04. The van der Waals surface area contributed by atoms with E-state index in [0.29, 0.717) is 6.54 Å². The van der Waals surface area contributed by atoms with Gasteiger partial charge in [0.2, 0.25) is 0 Å². The summed E-state index contributed by atoms with van der Waals surface area (Å²) in [6.07, 6.45) is 1.05. The Balaban J connectivity index is 2.50. The van der Waals surface area contributed by atoms with Gasteiger partial charge in [-0.15, -0.1) is 0 Å². The van der Waals surface area contributed by atoms with Crippen molar-refractivity contribution in [2.24, 2.45) is 0 Å². The maximum absolute atomic E-state index is 11.9. The fourth-order valence-electron chi connectivity index (χ4n) is 1.24. The molecule has 0 fully saturated rings. The van der Waals surface area contributed by atoms with Gasteiger partial charge in [0.05, 0.1) is 0 Å². The summed E-state index contributed by atoms with van der Waals surface area (Å²) in [6.45, 7) is 0.904. The molecule has 0 unspecified atom stereocenters. The third kappa shape index (κ3) is 4.74. The lowest BCUT2D eigenvalue weighted by atomic mass is 10.2. The highest BCUT2D eigenvalue weighted by atomic mass is 19.3. The van der Waals surface area contributed by atoms with Crippen LogP contribution in [0.4, 0.5) is 8.78 Å². The van der Waals surface area contributed by atoms with Crippen molar-refractivity contribution in [1.29, 1.82) is 0 Å². The molecule has 0 atom stereocenters. The Morgan fingerprint density at radius 3 is 2.87 bits per heavy atom. The highest BCUT2D eigenvalue weighted by molar-refractivity contribution is 5.28. The highest BCUT2D eigenvalue weighted by Crippen LogP contribution is 2.15. The molecule has 2 nitrogen and oxygen atoms in total. The van der Waals surface area contributed by atoms with Gasteiger partial charge in [0, 0.05) is 6.54 Å². The van der Waals surface area contributed by atoms with E-state index in [-0.39, 0.29) is 5.75 Å². The molecule has 1 aromatic carbocycles. The third-order valence-electron chi connectivity index (χ3n) is 1.88. The summed E-state index contributed by atoms with van der Waals surface area (Å²) in [6, 6.07) is 6.73. The number of nitrogens with one attached hydrogen (secondary N) is 1. The minimum absolute atomic E-state index is 0.209. The third-order valence-corrected chi connectivity index (χ3v) is 1.88. The van der Waals surface area contributed by atoms with Crippen molar-refractivity contribution in [3.8, 4) is 5.75 Å². The molecular formula is C11H15F2NO. The van der Waals surface area contributed by atoms with Crippen LogP contribution >= 0.6 is 0 Å². The predicted molar refractivity (Wildman–Crippen MR) is 55.1 cm³/mol. The van der Waals surface area contributed by atoms with E-state index in [2.05, 4.69) is 17.0 Å². The van der Waals surface area contributed by atoms with Gasteiger partial charge in [-0.25, -0.2) is 0 Å². The second kappa shape index (κ2) is 6.35. The second-order valence-corrected chi connectivity index (χ2v) is 3.20. The lowest BCUT2D eigenvalue weighted by molar-refractivity contribution is -0.0498. The molecule has 0 aromatic heterocycles. The molecule has 0 spiro atoms. The van der Waals surface area contributed by atoms with Crippen molar-refractivity contribution in [3.05, 3.63) is 29.8 Å². The lowest BCUT2D eigenvalue weighted by Gasteiger charge is -2.07. The molecule has 0 saturated heterocycles. The van der Waals surface area contributed by atoms with Crippen LogP contribution in [-0.2, 0) is 6.54 Å². The molecule has 0 heterocycles. The average Bonchev–Trinajstić information content (AvgIpc) is 2.18. The van der Waals surface area contributed by atoms with Gasteiger partial charge in [-0.2, -0.15) is 8.78 Å². The summed E-state index contributed by atoms with van der Waals surface area (Å²) < 4.78 is 28.1. The van der Waals surface area contributed by atoms with E-state index in [1.165, 1.54) is 6.07 Å². The Morgan fingerprint density at radius 2 is 2.20 bits per heavy atom. The van der Waals surface area contributed by atoms with Crippen molar-refractivity contribution < 1.29 is 13.5 Å². The van der Waals surface area contributed by atoms with Crippen LogP contribution in [0.3, 0.4) is 0 Å². The van der Waals surface area contributed by atoms with Crippen LogP contribution in [0.2, 0.25) is 0 Å². The van der Waals surface area contributed by atoms with Crippen LogP contribution in [0.25, 0.3) is 0 Å². The van der Waals surface area contributed by atoms with Crippen LogP contribution in [0, 0.1) is 0 Å². The van der Waals surface area contributed by atoms with E-state index in [1.54, 1.807) is 12.1 Å². The summed E-state index contributed by atoms with van der Waals surface area (Å²) in [7, 11) is 0. The zero-order valence-corrected chi connectivity index (χ0v) is 8.67. The number of hydrogen-bond acceptors (Lipinski definition) is 2. The molecule has 0 aliphatic heterocycles. The van der Waals surface area contributed by atoms with Crippen LogP contribution in [0.5, 0.6) is 5.75 Å². The second-order valence-electron chi connectivity index (χ2n) is 3.20. The van der Waals surface area contributed by atoms with Crippen LogP contribution in [-0.4, -0.2) is 13.2 Å². The number of alkyl halides is 2. The largest absolute Gasteiger partial charge is 0.435 e. The maximum atomic E-state index is 11.9. The average molecular weight is 215 g/mol. The molecule has 1 rings (SSSR count). The van der Waals surface area contributed by atoms with Gasteiger partial charge in [-0.1, -0.05) is 19.1 Å². The molecule has 0 aliphatic carbocycles. The van der Waals surface area contributed by atoms with Crippen LogP contribution in [0.15, 0.2) is 24.3 Å². The van der Waals surface area contributed by atoms with E-state index < -0.39 is 6.61 Å². The smallest absolute Gasteiger partial charge is 0.387 e. The van der Waals surface area contributed by atoms with Crippen molar-refractivity contribution in [2.45, 2.75) is 26.5 Å². The highest BCUT2D eigenvalue weighted by Gasteiger charge is 2.03. The maximum Gasteiger partial charge on any atom is 0.387 e. The molecule has 0 aliphatic rings. The first-order valence-electron chi connectivity index (χ1n) is 4.97. The molecule has 1 N–H and O–H groups in total. The summed E-state index contributed by atoms with van der Waals surface area (Å²) in [5.74, 6) is 0.209. The van der Waals surface area contributed by atoms with Crippen molar-refractivity contribution in [1.82, 2.24) is 5.32 Å². The van der Waals surface area contributed by atoms with Gasteiger partial charge in [-0.05, 0) is 30.7 Å². The Morgan fingerprint density at radius 1 is 1.40 bits per heavy atom. The molecule has 0 bridgehead atoms. The molecular weight excluding hydrogens is 200 g/mol. The summed E-state index contributed by atoms with van der Waals surface area (Å²) >= 11 is 0. The molecule has 0 saturated carbocycles. The Hall–Kier alpha value is -1.16. The van der Waals surface area contributed by atoms with Gasteiger partial charge >= 0.3 is 6.61 Å². The Bertz CT molecular complexity index is 292. The zero-order chi connectivity index (χ0) is 11.1. The summed E-state index contributed by atoms with van der Waals surface area (Å²) in [4.78, 5) is 0. The number of halogens is 2. The van der Waals surface area contributed by atoms with Crippen molar-refractivity contribution in [3.63, 3.8) is 0 Å². The van der Waals surface area contributed by atoms with Crippen LogP contribution in [0.1, 0.15) is 18.9 Å². The van der Waals surface area contributed by atoms with Gasteiger partial charge in [-0.3, -0.25) is 0 Å². The lowest BCUT2D eigenvalue weighted by Crippen LogP contribution is -2.13. The molecule has 4 heteroatoms. The fourth-order valence-corrected chi connectivity index (χ4v) is 1.24. The minimum Gasteiger partial charge on any atom is -0.435 e. The quantitative estimate of drug-likeness (QED) is 0.737. The topological polar surface area (TPSA) is 21.3 Å². The number of rotatable bonds is 6. The van der Waals surface area contributed by atoms with E-state index >= 15 is 0 Å². The normalized spacial score (nSPS) is 10.7. The van der Waals surface area contributed by atoms with Gasteiger partial charge < -0.3 is 10.1 Å².